The van der Waals surface area contributed by atoms with E-state index in [2.05, 4.69) is 39.6 Å². The molecule has 1 aliphatic heterocycles. The van der Waals surface area contributed by atoms with Gasteiger partial charge in [0.2, 0.25) is 0 Å². The smallest absolute Gasteiger partial charge is 0.317 e. The average Bonchev–Trinajstić information content (AvgIpc) is 3.04. The Morgan fingerprint density at radius 3 is 2.54 bits per heavy atom. The van der Waals surface area contributed by atoms with Crippen molar-refractivity contribution in [1.29, 1.82) is 0 Å². The summed E-state index contributed by atoms with van der Waals surface area (Å²) >= 11 is 0. The first-order valence-electron chi connectivity index (χ1n) is 8.48. The summed E-state index contributed by atoms with van der Waals surface area (Å²) in [6.45, 7) is 5.01. The molecule has 1 N–H and O–H groups in total. The van der Waals surface area contributed by atoms with Gasteiger partial charge in [-0.05, 0) is 18.1 Å². The van der Waals surface area contributed by atoms with Crippen molar-refractivity contribution in [1.82, 2.24) is 24.9 Å². The number of hydrogen-bond acceptors (Lipinski definition) is 3. The summed E-state index contributed by atoms with van der Waals surface area (Å²) in [4.78, 5) is 16.6. The van der Waals surface area contributed by atoms with Crippen molar-refractivity contribution in [2.75, 3.05) is 32.7 Å². The van der Waals surface area contributed by atoms with Crippen molar-refractivity contribution in [2.45, 2.75) is 13.0 Å². The highest BCUT2D eigenvalue weighted by Crippen LogP contribution is 2.06. The molecule has 128 valence electrons. The van der Waals surface area contributed by atoms with Gasteiger partial charge in [0.15, 0.2) is 0 Å². The molecule has 2 amide bonds. The minimum atomic E-state index is 0.0129. The molecule has 1 aliphatic rings. The van der Waals surface area contributed by atoms with Gasteiger partial charge in [-0.1, -0.05) is 30.3 Å². The summed E-state index contributed by atoms with van der Waals surface area (Å²) in [5.41, 5.74) is 2.37. The van der Waals surface area contributed by atoms with Crippen molar-refractivity contribution in [2.24, 2.45) is 7.05 Å². The first-order chi connectivity index (χ1) is 11.7. The Morgan fingerprint density at radius 2 is 1.88 bits per heavy atom. The number of rotatable bonds is 5. The Balaban J connectivity index is 1.38. The third-order valence-corrected chi connectivity index (χ3v) is 4.56. The zero-order valence-corrected chi connectivity index (χ0v) is 14.2. The molecular weight excluding hydrogens is 302 g/mol. The molecule has 0 atom stereocenters. The van der Waals surface area contributed by atoms with Crippen LogP contribution in [0.4, 0.5) is 4.79 Å². The fraction of sp³-hybridized carbons (Fsp3) is 0.444. The molecule has 2 aromatic rings. The van der Waals surface area contributed by atoms with Crippen LogP contribution < -0.4 is 5.32 Å². The summed E-state index contributed by atoms with van der Waals surface area (Å²) in [7, 11) is 1.88. The van der Waals surface area contributed by atoms with Crippen LogP contribution in [-0.2, 0) is 20.0 Å². The predicted molar refractivity (Wildman–Crippen MR) is 93.6 cm³/mol. The summed E-state index contributed by atoms with van der Waals surface area (Å²) < 4.78 is 1.78. The van der Waals surface area contributed by atoms with E-state index in [1.54, 1.807) is 10.9 Å². The number of hydrogen-bond donors (Lipinski definition) is 1. The second-order valence-corrected chi connectivity index (χ2v) is 6.17. The van der Waals surface area contributed by atoms with Gasteiger partial charge in [0.05, 0.1) is 12.2 Å². The standard InChI is InChI=1S/C18H25N5O/c1-21-17(7-9-20-21)15-19-18(24)23-13-11-22(12-14-23)10-8-16-5-3-2-4-6-16/h2-7,9H,8,10-15H2,1H3,(H,19,24). The van der Waals surface area contributed by atoms with Gasteiger partial charge in [-0.2, -0.15) is 5.10 Å². The fourth-order valence-corrected chi connectivity index (χ4v) is 2.96. The lowest BCUT2D eigenvalue weighted by molar-refractivity contribution is 0.139. The number of aryl methyl sites for hydroxylation is 1. The van der Waals surface area contributed by atoms with Crippen LogP contribution in [-0.4, -0.2) is 58.3 Å². The Bertz CT molecular complexity index is 646. The monoisotopic (exact) mass is 327 g/mol. The number of nitrogens with zero attached hydrogens (tertiary/aromatic N) is 4. The van der Waals surface area contributed by atoms with E-state index in [1.165, 1.54) is 5.56 Å². The topological polar surface area (TPSA) is 53.4 Å². The second-order valence-electron chi connectivity index (χ2n) is 6.17. The van der Waals surface area contributed by atoms with E-state index in [-0.39, 0.29) is 6.03 Å². The van der Waals surface area contributed by atoms with Crippen molar-refractivity contribution in [3.63, 3.8) is 0 Å². The fourth-order valence-electron chi connectivity index (χ4n) is 2.96. The van der Waals surface area contributed by atoms with Gasteiger partial charge in [-0.25, -0.2) is 4.79 Å². The highest BCUT2D eigenvalue weighted by molar-refractivity contribution is 5.74. The quantitative estimate of drug-likeness (QED) is 0.905. The largest absolute Gasteiger partial charge is 0.332 e. The number of piperazine rings is 1. The molecule has 1 aromatic carbocycles. The Morgan fingerprint density at radius 1 is 1.12 bits per heavy atom. The molecule has 0 aliphatic carbocycles. The van der Waals surface area contributed by atoms with Crippen LogP contribution in [0.5, 0.6) is 0 Å². The minimum Gasteiger partial charge on any atom is -0.332 e. The van der Waals surface area contributed by atoms with Crippen LogP contribution in [0.2, 0.25) is 0 Å². The molecule has 6 heteroatoms. The SMILES string of the molecule is Cn1nccc1CNC(=O)N1CCN(CCc2ccccc2)CC1. The summed E-state index contributed by atoms with van der Waals surface area (Å²) in [5, 5.41) is 7.08. The molecule has 0 saturated carbocycles. The molecule has 0 unspecified atom stereocenters. The first kappa shape index (κ1) is 16.5. The van der Waals surface area contributed by atoms with Crippen molar-refractivity contribution in [3.8, 4) is 0 Å². The lowest BCUT2D eigenvalue weighted by atomic mass is 10.1. The highest BCUT2D eigenvalue weighted by Gasteiger charge is 2.20. The summed E-state index contributed by atoms with van der Waals surface area (Å²) in [5.74, 6) is 0. The van der Waals surface area contributed by atoms with E-state index in [0.717, 1.165) is 44.8 Å². The zero-order chi connectivity index (χ0) is 16.8. The second kappa shape index (κ2) is 7.97. The lowest BCUT2D eigenvalue weighted by Crippen LogP contribution is -2.52. The van der Waals surface area contributed by atoms with Gasteiger partial charge >= 0.3 is 6.03 Å². The van der Waals surface area contributed by atoms with Crippen LogP contribution in [0.25, 0.3) is 0 Å². The molecule has 1 aromatic heterocycles. The Hall–Kier alpha value is -2.34. The van der Waals surface area contributed by atoms with E-state index in [0.29, 0.717) is 6.54 Å². The van der Waals surface area contributed by atoms with Crippen molar-refractivity contribution >= 4 is 6.03 Å². The minimum absolute atomic E-state index is 0.0129. The number of nitrogens with one attached hydrogen (secondary N) is 1. The van der Waals surface area contributed by atoms with Gasteiger partial charge in [-0.15, -0.1) is 0 Å². The number of carbonyl (C=O) groups is 1. The molecule has 6 nitrogen and oxygen atoms in total. The number of carbonyl (C=O) groups excluding carboxylic acids is 1. The normalized spacial score (nSPS) is 15.5. The Kier molecular flexibility index (Phi) is 5.48. The third kappa shape index (κ3) is 4.35. The first-order valence-corrected chi connectivity index (χ1v) is 8.48. The molecule has 3 rings (SSSR count). The van der Waals surface area contributed by atoms with Gasteiger partial charge in [0.25, 0.3) is 0 Å². The summed E-state index contributed by atoms with van der Waals surface area (Å²) in [6.07, 6.45) is 2.81. The Labute approximate surface area is 143 Å². The predicted octanol–water partition coefficient (Wildman–Crippen LogP) is 1.49. The van der Waals surface area contributed by atoms with Gasteiger partial charge in [-0.3, -0.25) is 9.58 Å². The van der Waals surface area contributed by atoms with E-state index < -0.39 is 0 Å². The maximum absolute atomic E-state index is 12.3. The molecule has 2 heterocycles. The van der Waals surface area contributed by atoms with Crippen LogP contribution in [0.15, 0.2) is 42.6 Å². The lowest BCUT2D eigenvalue weighted by Gasteiger charge is -2.34. The van der Waals surface area contributed by atoms with E-state index in [1.807, 2.05) is 24.1 Å². The molecule has 0 bridgehead atoms. The van der Waals surface area contributed by atoms with Gasteiger partial charge in [0.1, 0.15) is 0 Å². The van der Waals surface area contributed by atoms with Crippen LogP contribution in [0.3, 0.4) is 0 Å². The molecule has 1 fully saturated rings. The zero-order valence-electron chi connectivity index (χ0n) is 14.2. The van der Waals surface area contributed by atoms with E-state index >= 15 is 0 Å². The van der Waals surface area contributed by atoms with Crippen LogP contribution in [0.1, 0.15) is 11.3 Å². The molecule has 24 heavy (non-hydrogen) atoms. The van der Waals surface area contributed by atoms with E-state index in [9.17, 15) is 4.79 Å². The van der Waals surface area contributed by atoms with Crippen molar-refractivity contribution < 1.29 is 4.79 Å². The van der Waals surface area contributed by atoms with E-state index in [4.69, 9.17) is 0 Å². The maximum Gasteiger partial charge on any atom is 0.317 e. The number of urea groups is 1. The van der Waals surface area contributed by atoms with Crippen LogP contribution >= 0.6 is 0 Å². The third-order valence-electron chi connectivity index (χ3n) is 4.56. The van der Waals surface area contributed by atoms with Crippen molar-refractivity contribution in [3.05, 3.63) is 53.9 Å². The maximum atomic E-state index is 12.3. The number of benzene rings is 1. The van der Waals surface area contributed by atoms with Gasteiger partial charge in [0, 0.05) is 46.0 Å². The molecule has 0 spiro atoms. The highest BCUT2D eigenvalue weighted by atomic mass is 16.2. The molecule has 1 saturated heterocycles. The molecule has 0 radical (unpaired) electrons. The number of aromatic nitrogens is 2. The van der Waals surface area contributed by atoms with Crippen LogP contribution in [0, 0.1) is 0 Å². The number of amides is 2. The average molecular weight is 327 g/mol. The summed E-state index contributed by atoms with van der Waals surface area (Å²) in [6, 6.07) is 12.5. The van der Waals surface area contributed by atoms with Gasteiger partial charge < -0.3 is 10.2 Å². The molecular formula is C18H25N5O.